The van der Waals surface area contributed by atoms with E-state index in [1.165, 1.54) is 25.9 Å². The molecular formula is C10H19N3. The second kappa shape index (κ2) is 5.15. The van der Waals surface area contributed by atoms with Crippen LogP contribution in [0.15, 0.2) is 4.99 Å². The van der Waals surface area contributed by atoms with Crippen LogP contribution in [0.25, 0.3) is 0 Å². The first-order valence-electron chi connectivity index (χ1n) is 5.15. The summed E-state index contributed by atoms with van der Waals surface area (Å²) in [4.78, 5) is 6.51. The van der Waals surface area contributed by atoms with Crippen molar-refractivity contribution in [1.29, 1.82) is 5.41 Å². The Balaban J connectivity index is 2.54. The van der Waals surface area contributed by atoms with Crippen molar-refractivity contribution in [2.45, 2.75) is 45.2 Å². The SMILES string of the molecule is CCC(C(C)N=C=N)N1CCCC1. The van der Waals surface area contributed by atoms with E-state index in [0.29, 0.717) is 6.04 Å². The molecule has 0 spiro atoms. The van der Waals surface area contributed by atoms with Crippen molar-refractivity contribution in [2.24, 2.45) is 4.99 Å². The van der Waals surface area contributed by atoms with E-state index in [4.69, 9.17) is 5.41 Å². The van der Waals surface area contributed by atoms with Gasteiger partial charge in [-0.05, 0) is 39.3 Å². The van der Waals surface area contributed by atoms with Crippen LogP contribution in [-0.2, 0) is 0 Å². The third kappa shape index (κ3) is 2.64. The van der Waals surface area contributed by atoms with E-state index >= 15 is 0 Å². The maximum Gasteiger partial charge on any atom is 0.0865 e. The van der Waals surface area contributed by atoms with Gasteiger partial charge in [0.15, 0.2) is 0 Å². The highest BCUT2D eigenvalue weighted by Crippen LogP contribution is 2.17. The van der Waals surface area contributed by atoms with E-state index < -0.39 is 0 Å². The highest BCUT2D eigenvalue weighted by Gasteiger charge is 2.24. The van der Waals surface area contributed by atoms with Crippen molar-refractivity contribution in [2.75, 3.05) is 13.1 Å². The van der Waals surface area contributed by atoms with E-state index in [-0.39, 0.29) is 6.04 Å². The third-order valence-electron chi connectivity index (χ3n) is 2.85. The van der Waals surface area contributed by atoms with Gasteiger partial charge >= 0.3 is 0 Å². The second-order valence-corrected chi connectivity index (χ2v) is 3.70. The fourth-order valence-electron chi connectivity index (χ4n) is 2.17. The third-order valence-corrected chi connectivity index (χ3v) is 2.85. The molecule has 74 valence electrons. The molecule has 1 rings (SSSR count). The fourth-order valence-corrected chi connectivity index (χ4v) is 2.17. The van der Waals surface area contributed by atoms with Crippen LogP contribution in [0.3, 0.4) is 0 Å². The Kier molecular flexibility index (Phi) is 4.13. The monoisotopic (exact) mass is 181 g/mol. The molecule has 13 heavy (non-hydrogen) atoms. The van der Waals surface area contributed by atoms with Crippen LogP contribution in [0.1, 0.15) is 33.1 Å². The minimum atomic E-state index is 0.223. The molecule has 0 aromatic heterocycles. The summed E-state index contributed by atoms with van der Waals surface area (Å²) in [5, 5.41) is 6.84. The number of rotatable bonds is 4. The lowest BCUT2D eigenvalue weighted by molar-refractivity contribution is 0.212. The van der Waals surface area contributed by atoms with Crippen molar-refractivity contribution >= 4 is 6.01 Å². The van der Waals surface area contributed by atoms with E-state index in [2.05, 4.69) is 29.7 Å². The molecule has 0 amide bonds. The molecule has 1 fully saturated rings. The molecule has 0 bridgehead atoms. The summed E-state index contributed by atoms with van der Waals surface area (Å²) < 4.78 is 0. The Hall–Kier alpha value is -0.660. The van der Waals surface area contributed by atoms with Gasteiger partial charge in [-0.25, -0.2) is 10.4 Å². The molecule has 2 atom stereocenters. The zero-order valence-corrected chi connectivity index (χ0v) is 8.58. The smallest absolute Gasteiger partial charge is 0.0865 e. The van der Waals surface area contributed by atoms with Gasteiger partial charge in [-0.2, -0.15) is 0 Å². The minimum absolute atomic E-state index is 0.223. The van der Waals surface area contributed by atoms with Crippen molar-refractivity contribution in [1.82, 2.24) is 4.90 Å². The topological polar surface area (TPSA) is 39.5 Å². The summed E-state index contributed by atoms with van der Waals surface area (Å²) in [7, 11) is 0. The predicted molar refractivity (Wildman–Crippen MR) is 54.5 cm³/mol. The Labute approximate surface area is 80.4 Å². The van der Waals surface area contributed by atoms with Gasteiger partial charge in [0.1, 0.15) is 0 Å². The lowest BCUT2D eigenvalue weighted by Gasteiger charge is -2.28. The first kappa shape index (κ1) is 10.4. The normalized spacial score (nSPS) is 22.3. The standard InChI is InChI=1S/C10H19N3/c1-3-10(9(2)12-8-11)13-6-4-5-7-13/h9-11H,3-7H2,1-2H3. The lowest BCUT2D eigenvalue weighted by Crippen LogP contribution is -2.39. The van der Waals surface area contributed by atoms with E-state index in [1.54, 1.807) is 0 Å². The van der Waals surface area contributed by atoms with E-state index in [9.17, 15) is 0 Å². The molecule has 3 heteroatoms. The minimum Gasteiger partial charge on any atom is -0.298 e. The summed E-state index contributed by atoms with van der Waals surface area (Å²) in [5.74, 6) is 0. The summed E-state index contributed by atoms with van der Waals surface area (Å²) in [6.07, 6.45) is 3.75. The summed E-state index contributed by atoms with van der Waals surface area (Å²) in [6.45, 7) is 6.68. The molecule has 3 nitrogen and oxygen atoms in total. The van der Waals surface area contributed by atoms with Gasteiger partial charge in [0, 0.05) is 6.04 Å². The fraction of sp³-hybridized carbons (Fsp3) is 0.900. The molecule has 0 saturated carbocycles. The Bertz CT molecular complexity index is 190. The van der Waals surface area contributed by atoms with Crippen molar-refractivity contribution in [3.63, 3.8) is 0 Å². The van der Waals surface area contributed by atoms with Crippen LogP contribution in [0.5, 0.6) is 0 Å². The van der Waals surface area contributed by atoms with Crippen molar-refractivity contribution in [3.05, 3.63) is 0 Å². The van der Waals surface area contributed by atoms with Gasteiger partial charge in [0.2, 0.25) is 0 Å². The Morgan fingerprint density at radius 2 is 2.08 bits per heavy atom. The van der Waals surface area contributed by atoms with Crippen LogP contribution in [0.2, 0.25) is 0 Å². The number of hydrogen-bond donors (Lipinski definition) is 1. The Morgan fingerprint density at radius 1 is 1.46 bits per heavy atom. The van der Waals surface area contributed by atoms with Crippen molar-refractivity contribution < 1.29 is 0 Å². The van der Waals surface area contributed by atoms with Gasteiger partial charge in [0.25, 0.3) is 0 Å². The molecule has 0 aromatic carbocycles. The molecule has 0 aromatic rings. The second-order valence-electron chi connectivity index (χ2n) is 3.70. The summed E-state index contributed by atoms with van der Waals surface area (Å²) in [5.41, 5.74) is 0. The first-order chi connectivity index (χ1) is 6.29. The van der Waals surface area contributed by atoms with Gasteiger partial charge < -0.3 is 0 Å². The molecular weight excluding hydrogens is 162 g/mol. The van der Waals surface area contributed by atoms with Crippen LogP contribution in [0, 0.1) is 5.41 Å². The number of hydrogen-bond acceptors (Lipinski definition) is 3. The number of aliphatic imine (C=N–C) groups is 1. The highest BCUT2D eigenvalue weighted by molar-refractivity contribution is 5.36. The maximum absolute atomic E-state index is 6.84. The zero-order chi connectivity index (χ0) is 9.68. The number of nitrogens with zero attached hydrogens (tertiary/aromatic N) is 2. The number of likely N-dealkylation sites (tertiary alicyclic amines) is 1. The lowest BCUT2D eigenvalue weighted by atomic mass is 10.1. The largest absolute Gasteiger partial charge is 0.298 e. The average Bonchev–Trinajstić information content (AvgIpc) is 2.59. The maximum atomic E-state index is 6.84. The predicted octanol–water partition coefficient (Wildman–Crippen LogP) is 2.00. The number of nitrogens with one attached hydrogen (secondary N) is 1. The summed E-state index contributed by atoms with van der Waals surface area (Å²) in [6, 6.07) is 2.89. The average molecular weight is 181 g/mol. The molecule has 1 aliphatic rings. The molecule has 2 unspecified atom stereocenters. The Morgan fingerprint density at radius 3 is 2.54 bits per heavy atom. The highest BCUT2D eigenvalue weighted by atomic mass is 15.2. The van der Waals surface area contributed by atoms with Gasteiger partial charge in [-0.1, -0.05) is 6.92 Å². The van der Waals surface area contributed by atoms with Gasteiger partial charge in [-0.3, -0.25) is 4.90 Å². The summed E-state index contributed by atoms with van der Waals surface area (Å²) >= 11 is 0. The van der Waals surface area contributed by atoms with Crippen LogP contribution in [-0.4, -0.2) is 36.1 Å². The molecule has 1 aliphatic heterocycles. The zero-order valence-electron chi connectivity index (χ0n) is 8.58. The van der Waals surface area contributed by atoms with Gasteiger partial charge in [0.05, 0.1) is 12.1 Å². The van der Waals surface area contributed by atoms with Crippen LogP contribution in [0.4, 0.5) is 0 Å². The molecule has 1 N–H and O–H groups in total. The quantitative estimate of drug-likeness (QED) is 0.662. The van der Waals surface area contributed by atoms with E-state index in [0.717, 1.165) is 6.42 Å². The molecule has 1 heterocycles. The van der Waals surface area contributed by atoms with Crippen LogP contribution < -0.4 is 0 Å². The molecule has 1 saturated heterocycles. The van der Waals surface area contributed by atoms with E-state index in [1.807, 2.05) is 0 Å². The molecule has 0 aliphatic carbocycles. The van der Waals surface area contributed by atoms with Crippen molar-refractivity contribution in [3.8, 4) is 0 Å². The first-order valence-corrected chi connectivity index (χ1v) is 5.15. The van der Waals surface area contributed by atoms with Crippen LogP contribution >= 0.6 is 0 Å². The van der Waals surface area contributed by atoms with Gasteiger partial charge in [-0.15, -0.1) is 0 Å². The molecule has 0 radical (unpaired) electrons.